The zero-order chi connectivity index (χ0) is 20.4. The molecule has 0 spiro atoms. The number of halogens is 4. The number of hydrazine groups is 1. The molecule has 0 bridgehead atoms. The number of anilines is 1. The van der Waals surface area contributed by atoms with Crippen molar-refractivity contribution in [2.75, 3.05) is 18.1 Å². The van der Waals surface area contributed by atoms with Gasteiger partial charge in [-0.25, -0.2) is 5.01 Å². The fourth-order valence-corrected chi connectivity index (χ4v) is 4.45. The first kappa shape index (κ1) is 23.4. The molecule has 4 rings (SSSR count). The molecule has 1 saturated heterocycles. The number of hydrogen-bond donors (Lipinski definition) is 1. The first-order valence-electron chi connectivity index (χ1n) is 9.64. The quantitative estimate of drug-likeness (QED) is 0.525. The van der Waals surface area contributed by atoms with Gasteiger partial charge in [-0.05, 0) is 48.7 Å². The molecule has 2 aromatic carbocycles. The van der Waals surface area contributed by atoms with Crippen molar-refractivity contribution in [1.29, 1.82) is 0 Å². The number of hydrazone groups is 1. The van der Waals surface area contributed by atoms with Gasteiger partial charge in [-0.2, -0.15) is 5.10 Å². The highest BCUT2D eigenvalue weighted by Gasteiger charge is 2.34. The summed E-state index contributed by atoms with van der Waals surface area (Å²) in [4.78, 5) is 12.9. The summed E-state index contributed by atoms with van der Waals surface area (Å²) in [7, 11) is 0. The molecule has 2 heterocycles. The van der Waals surface area contributed by atoms with Gasteiger partial charge in [0.05, 0.1) is 16.8 Å². The Kier molecular flexibility index (Phi) is 8.04. The highest BCUT2D eigenvalue weighted by atomic mass is 79.9. The predicted octanol–water partition coefficient (Wildman–Crippen LogP) is 6.00. The lowest BCUT2D eigenvalue weighted by Gasteiger charge is -2.26. The van der Waals surface area contributed by atoms with Crippen LogP contribution in [0.25, 0.3) is 0 Å². The van der Waals surface area contributed by atoms with Crippen molar-refractivity contribution < 1.29 is 4.79 Å². The number of rotatable bonds is 4. The van der Waals surface area contributed by atoms with E-state index in [2.05, 4.69) is 26.5 Å². The SMILES string of the molecule is Cl.O=C(NN1CCCCC1)C1=NN(c2ccc(Cl)cc2Cl)C(c2ccc(Br)cc2)C1. The molecule has 2 aliphatic rings. The number of amides is 1. The van der Waals surface area contributed by atoms with Gasteiger partial charge in [-0.15, -0.1) is 12.4 Å². The standard InChI is InChI=1S/C21H21BrCl2N4O.ClH/c22-15-6-4-14(5-7-15)20-13-18(21(29)26-27-10-2-1-3-11-27)25-28(20)19-9-8-16(23)12-17(19)24;/h4-9,12,20H,1-3,10-11,13H2,(H,26,29);1H. The Bertz CT molecular complexity index is 932. The van der Waals surface area contributed by atoms with Gasteiger partial charge < -0.3 is 0 Å². The lowest BCUT2D eigenvalue weighted by Crippen LogP contribution is -2.47. The summed E-state index contributed by atoms with van der Waals surface area (Å²) in [6.45, 7) is 1.75. The lowest BCUT2D eigenvalue weighted by molar-refractivity contribution is -0.119. The second-order valence-electron chi connectivity index (χ2n) is 7.25. The number of benzene rings is 2. The van der Waals surface area contributed by atoms with Crippen LogP contribution in [0.2, 0.25) is 10.0 Å². The van der Waals surface area contributed by atoms with Crippen LogP contribution in [0.1, 0.15) is 37.3 Å². The Labute approximate surface area is 200 Å². The van der Waals surface area contributed by atoms with E-state index in [9.17, 15) is 4.79 Å². The Balaban J connectivity index is 0.00000256. The summed E-state index contributed by atoms with van der Waals surface area (Å²) in [6, 6.07) is 13.2. The molecule has 1 N–H and O–H groups in total. The van der Waals surface area contributed by atoms with Crippen LogP contribution in [0.15, 0.2) is 52.0 Å². The number of nitrogens with one attached hydrogen (secondary N) is 1. The Hall–Kier alpha value is -1.31. The summed E-state index contributed by atoms with van der Waals surface area (Å²) in [5.74, 6) is -0.151. The molecule has 0 radical (unpaired) electrons. The number of nitrogens with zero attached hydrogens (tertiary/aromatic N) is 3. The topological polar surface area (TPSA) is 47.9 Å². The maximum absolute atomic E-state index is 12.9. The zero-order valence-corrected chi connectivity index (χ0v) is 20.1. The van der Waals surface area contributed by atoms with Gasteiger partial charge in [0.1, 0.15) is 5.71 Å². The third-order valence-corrected chi connectivity index (χ3v) is 6.27. The van der Waals surface area contributed by atoms with Crippen molar-refractivity contribution in [2.24, 2.45) is 5.10 Å². The molecule has 1 amide bonds. The first-order valence-corrected chi connectivity index (χ1v) is 11.2. The van der Waals surface area contributed by atoms with E-state index in [1.165, 1.54) is 6.42 Å². The van der Waals surface area contributed by atoms with E-state index in [0.29, 0.717) is 22.2 Å². The maximum atomic E-state index is 12.9. The van der Waals surface area contributed by atoms with Crippen molar-refractivity contribution in [1.82, 2.24) is 10.4 Å². The zero-order valence-electron chi connectivity index (χ0n) is 16.2. The van der Waals surface area contributed by atoms with Gasteiger partial charge in [0.15, 0.2) is 0 Å². The van der Waals surface area contributed by atoms with Gasteiger partial charge >= 0.3 is 0 Å². The van der Waals surface area contributed by atoms with E-state index in [0.717, 1.165) is 41.7 Å². The molecule has 30 heavy (non-hydrogen) atoms. The van der Waals surface area contributed by atoms with E-state index in [1.54, 1.807) is 12.1 Å². The molecule has 1 fully saturated rings. The van der Waals surface area contributed by atoms with Crippen LogP contribution in [-0.4, -0.2) is 29.7 Å². The molecular weight excluding hydrogens is 511 g/mol. The minimum Gasteiger partial charge on any atom is -0.284 e. The van der Waals surface area contributed by atoms with Crippen LogP contribution in [0.5, 0.6) is 0 Å². The molecule has 2 aromatic rings. The fraction of sp³-hybridized carbons (Fsp3) is 0.333. The normalized spacial score (nSPS) is 19.2. The van der Waals surface area contributed by atoms with Crippen molar-refractivity contribution in [3.05, 3.63) is 62.5 Å². The van der Waals surface area contributed by atoms with E-state index in [4.69, 9.17) is 23.2 Å². The number of hydrogen-bond acceptors (Lipinski definition) is 4. The molecule has 0 aromatic heterocycles. The molecule has 9 heteroatoms. The van der Waals surface area contributed by atoms with Crippen LogP contribution < -0.4 is 10.4 Å². The van der Waals surface area contributed by atoms with E-state index in [1.807, 2.05) is 40.3 Å². The molecule has 0 saturated carbocycles. The third kappa shape index (κ3) is 5.29. The smallest absolute Gasteiger partial charge is 0.281 e. The molecule has 5 nitrogen and oxygen atoms in total. The number of carbonyl (C=O) groups excluding carboxylic acids is 1. The minimum atomic E-state index is -0.151. The summed E-state index contributed by atoms with van der Waals surface area (Å²) in [6.07, 6.45) is 3.91. The van der Waals surface area contributed by atoms with E-state index in [-0.39, 0.29) is 24.4 Å². The molecule has 160 valence electrons. The largest absolute Gasteiger partial charge is 0.284 e. The second-order valence-corrected chi connectivity index (χ2v) is 9.01. The number of carbonyl (C=O) groups is 1. The average Bonchev–Trinajstić information content (AvgIpc) is 3.14. The lowest BCUT2D eigenvalue weighted by atomic mass is 10.0. The molecule has 2 aliphatic heterocycles. The van der Waals surface area contributed by atoms with Crippen molar-refractivity contribution in [3.63, 3.8) is 0 Å². The Morgan fingerprint density at radius 3 is 2.43 bits per heavy atom. The summed E-state index contributed by atoms with van der Waals surface area (Å²) >= 11 is 16.0. The van der Waals surface area contributed by atoms with Gasteiger partial charge in [-0.3, -0.25) is 15.2 Å². The molecule has 1 atom stereocenters. The maximum Gasteiger partial charge on any atom is 0.281 e. The minimum absolute atomic E-state index is 0. The predicted molar refractivity (Wildman–Crippen MR) is 129 cm³/mol. The molecular formula is C21H22BrCl3N4O. The highest BCUT2D eigenvalue weighted by molar-refractivity contribution is 9.10. The first-order chi connectivity index (χ1) is 14.0. The second kappa shape index (κ2) is 10.3. The van der Waals surface area contributed by atoms with E-state index < -0.39 is 0 Å². The third-order valence-electron chi connectivity index (χ3n) is 5.20. The van der Waals surface area contributed by atoms with Crippen LogP contribution in [0, 0.1) is 0 Å². The van der Waals surface area contributed by atoms with Crippen LogP contribution in [0.4, 0.5) is 5.69 Å². The van der Waals surface area contributed by atoms with Gasteiger partial charge in [-0.1, -0.05) is 57.7 Å². The summed E-state index contributed by atoms with van der Waals surface area (Å²) < 4.78 is 0.999. The highest BCUT2D eigenvalue weighted by Crippen LogP contribution is 2.39. The van der Waals surface area contributed by atoms with Crippen molar-refractivity contribution >= 4 is 68.8 Å². The Morgan fingerprint density at radius 2 is 1.77 bits per heavy atom. The van der Waals surface area contributed by atoms with Crippen LogP contribution in [0.3, 0.4) is 0 Å². The van der Waals surface area contributed by atoms with Crippen LogP contribution in [-0.2, 0) is 4.79 Å². The fourth-order valence-electron chi connectivity index (χ4n) is 3.69. The van der Waals surface area contributed by atoms with Crippen molar-refractivity contribution in [3.8, 4) is 0 Å². The Morgan fingerprint density at radius 1 is 1.07 bits per heavy atom. The molecule has 0 aliphatic carbocycles. The van der Waals surface area contributed by atoms with Crippen molar-refractivity contribution in [2.45, 2.75) is 31.7 Å². The van der Waals surface area contributed by atoms with Crippen LogP contribution >= 0.6 is 51.5 Å². The molecule has 1 unspecified atom stereocenters. The number of piperidine rings is 1. The van der Waals surface area contributed by atoms with Gasteiger partial charge in [0, 0.05) is 29.0 Å². The monoisotopic (exact) mass is 530 g/mol. The summed E-state index contributed by atoms with van der Waals surface area (Å²) in [5.41, 5.74) is 5.29. The van der Waals surface area contributed by atoms with Gasteiger partial charge in [0.2, 0.25) is 0 Å². The summed E-state index contributed by atoms with van der Waals surface area (Å²) in [5, 5.41) is 9.54. The van der Waals surface area contributed by atoms with Gasteiger partial charge in [0.25, 0.3) is 5.91 Å². The van der Waals surface area contributed by atoms with E-state index >= 15 is 0 Å². The average molecular weight is 533 g/mol.